The van der Waals surface area contributed by atoms with Crippen LogP contribution >= 0.6 is 9.42 Å². The van der Waals surface area contributed by atoms with Gasteiger partial charge in [-0.3, -0.25) is 9.97 Å². The number of aromatic nitrogens is 2. The van der Waals surface area contributed by atoms with Crippen LogP contribution in [0.25, 0.3) is 6.15 Å². The van der Waals surface area contributed by atoms with Gasteiger partial charge in [-0.15, -0.1) is 0 Å². The third kappa shape index (κ3) is 5.37. The minimum Gasteiger partial charge on any atom is -0.693 e. The Morgan fingerprint density at radius 2 is 1.37 bits per heavy atom. The molecule has 6 heteroatoms. The van der Waals surface area contributed by atoms with Crippen molar-refractivity contribution in [3.05, 3.63) is 73.8 Å². The van der Waals surface area contributed by atoms with E-state index in [1.807, 2.05) is 24.3 Å². The summed E-state index contributed by atoms with van der Waals surface area (Å²) >= 11 is 1.61. The molecule has 0 aromatic carbocycles. The van der Waals surface area contributed by atoms with Crippen LogP contribution in [-0.4, -0.2) is 15.1 Å². The van der Waals surface area contributed by atoms with E-state index in [0.29, 0.717) is 11.4 Å². The number of aliphatic hydroxyl groups is 1. The molecule has 0 bridgehead atoms. The van der Waals surface area contributed by atoms with Crippen LogP contribution < -0.4 is 0 Å². The molecule has 0 aliphatic heterocycles. The molecule has 0 radical (unpaired) electrons. The molecule has 0 amide bonds. The van der Waals surface area contributed by atoms with Gasteiger partial charge in [-0.1, -0.05) is 12.1 Å². The second-order valence-corrected chi connectivity index (χ2v) is 3.50. The Balaban J connectivity index is 0. The summed E-state index contributed by atoms with van der Waals surface area (Å²) in [4.78, 5) is 8.27. The summed E-state index contributed by atoms with van der Waals surface area (Å²) in [6, 6.07) is 10.9. The molecular formula is C13H17ClN3OPt-2. The molecule has 2 aromatic heterocycles. The number of hydrogen-bond acceptors (Lipinski definition) is 3. The topological polar surface area (TPSA) is 79.5 Å². The molecule has 2 heterocycles. The molecule has 0 aliphatic rings. The van der Waals surface area contributed by atoms with Crippen molar-refractivity contribution in [1.29, 1.82) is 0 Å². The predicted octanol–water partition coefficient (Wildman–Crippen LogP) is 3.59. The fourth-order valence-corrected chi connectivity index (χ4v) is 1.43. The Kier molecular flexibility index (Phi) is 10.8. The van der Waals surface area contributed by atoms with Crippen LogP contribution in [-0.2, 0) is 24.4 Å². The van der Waals surface area contributed by atoms with Crippen LogP contribution in [0.15, 0.2) is 48.8 Å². The number of rotatable bonds is 2. The van der Waals surface area contributed by atoms with E-state index in [-0.39, 0.29) is 13.6 Å². The third-order valence-corrected chi connectivity index (χ3v) is 2.33. The van der Waals surface area contributed by atoms with Crippen LogP contribution in [0.4, 0.5) is 0 Å². The summed E-state index contributed by atoms with van der Waals surface area (Å²) < 4.78 is 0. The molecule has 0 atom stereocenters. The maximum absolute atomic E-state index is 10.3. The quantitative estimate of drug-likeness (QED) is 0.694. The van der Waals surface area contributed by atoms with Gasteiger partial charge in [-0.2, -0.15) is 0 Å². The zero-order valence-corrected chi connectivity index (χ0v) is 13.8. The molecule has 3 N–H and O–H groups in total. The molecule has 0 saturated carbocycles. The Bertz CT molecular complexity index is 399. The van der Waals surface area contributed by atoms with Crippen LogP contribution in [0, 0.1) is 7.43 Å². The standard InChI is InChI=1S/C12H12N2O.CH3.ClH.H2N.Pt/c1-12(15,10-6-2-4-8-13-10)11-7-3-5-9-14-11;;;;/h2-9,15H,1H3;1H3;1H;1H2;/q;-1;;-1;+1/p-1. The molecule has 4 nitrogen and oxygen atoms in total. The number of nitrogens with two attached hydrogens (primary N) is 1. The molecular weight excluding hydrogens is 445 g/mol. The van der Waals surface area contributed by atoms with Gasteiger partial charge in [-0.25, -0.2) is 0 Å². The van der Waals surface area contributed by atoms with Gasteiger partial charge < -0.3 is 18.7 Å². The van der Waals surface area contributed by atoms with Crippen LogP contribution in [0.5, 0.6) is 0 Å². The zero-order chi connectivity index (χ0) is 12.7. The monoisotopic (exact) mass is 461 g/mol. The van der Waals surface area contributed by atoms with Gasteiger partial charge in [0.05, 0.1) is 11.4 Å². The molecule has 2 aromatic rings. The van der Waals surface area contributed by atoms with Gasteiger partial charge in [-0.05, 0) is 31.2 Å². The molecule has 2 rings (SSSR count). The maximum Gasteiger partial charge on any atom is -0.693 e. The van der Waals surface area contributed by atoms with Crippen molar-refractivity contribution < 1.29 is 23.9 Å². The van der Waals surface area contributed by atoms with Crippen molar-refractivity contribution in [2.75, 3.05) is 0 Å². The summed E-state index contributed by atoms with van der Waals surface area (Å²) in [6.07, 6.45) is 3.32. The first-order valence-electron chi connectivity index (χ1n) is 4.88. The first-order chi connectivity index (χ1) is 8.21. The number of nitrogens with zero attached hydrogens (tertiary/aromatic N) is 2. The predicted molar refractivity (Wildman–Crippen MR) is 74.7 cm³/mol. The first-order valence-corrected chi connectivity index (χ1v) is 7.70. The van der Waals surface area contributed by atoms with E-state index in [1.54, 1.807) is 50.2 Å². The van der Waals surface area contributed by atoms with Gasteiger partial charge in [0.15, 0.2) is 0 Å². The average molecular weight is 462 g/mol. The second-order valence-electron chi connectivity index (χ2n) is 3.50. The largest absolute Gasteiger partial charge is 0.693 e. The van der Waals surface area contributed by atoms with Gasteiger partial charge in [0.1, 0.15) is 5.60 Å². The van der Waals surface area contributed by atoms with Gasteiger partial charge in [0.2, 0.25) is 0 Å². The van der Waals surface area contributed by atoms with Crippen molar-refractivity contribution in [3.63, 3.8) is 0 Å². The Morgan fingerprint density at radius 1 is 1.00 bits per heavy atom. The summed E-state index contributed by atoms with van der Waals surface area (Å²) in [5, 5.41) is 10.3. The molecule has 0 spiro atoms. The molecule has 109 valence electrons. The van der Waals surface area contributed by atoms with E-state index < -0.39 is 5.60 Å². The fourth-order valence-electron chi connectivity index (χ4n) is 1.43. The van der Waals surface area contributed by atoms with Gasteiger partial charge in [0, 0.05) is 12.4 Å². The summed E-state index contributed by atoms with van der Waals surface area (Å²) in [7, 11) is 4.61. The first kappa shape index (κ1) is 20.5. The maximum atomic E-state index is 10.3. The number of pyridine rings is 2. The van der Waals surface area contributed by atoms with Gasteiger partial charge in [0.25, 0.3) is 0 Å². The van der Waals surface area contributed by atoms with Crippen molar-refractivity contribution in [2.45, 2.75) is 12.5 Å². The fraction of sp³-hybridized carbons (Fsp3) is 0.154. The number of hydrogen-bond donors (Lipinski definition) is 1. The van der Waals surface area contributed by atoms with E-state index in [9.17, 15) is 5.11 Å². The van der Waals surface area contributed by atoms with E-state index in [1.165, 1.54) is 0 Å². The summed E-state index contributed by atoms with van der Waals surface area (Å²) in [5.74, 6) is 0. The Labute approximate surface area is 129 Å². The van der Waals surface area contributed by atoms with E-state index >= 15 is 0 Å². The normalized spacial score (nSPS) is 9.32. The van der Waals surface area contributed by atoms with Crippen LogP contribution in [0.1, 0.15) is 18.3 Å². The molecule has 19 heavy (non-hydrogen) atoms. The van der Waals surface area contributed by atoms with Crippen molar-refractivity contribution in [2.24, 2.45) is 0 Å². The SMILES string of the molecule is CC(O)(c1ccccn1)c1ccccn1.[CH3-].[Cl][Pt].[NH2-]. The minimum atomic E-state index is -1.14. The van der Waals surface area contributed by atoms with Gasteiger partial charge >= 0.3 is 28.2 Å². The van der Waals surface area contributed by atoms with E-state index in [0.717, 1.165) is 0 Å². The molecule has 0 aliphatic carbocycles. The van der Waals surface area contributed by atoms with Crippen LogP contribution in [0.2, 0.25) is 0 Å². The third-order valence-electron chi connectivity index (χ3n) is 2.33. The average Bonchev–Trinajstić information content (AvgIpc) is 2.43. The van der Waals surface area contributed by atoms with Crippen molar-refractivity contribution in [3.8, 4) is 0 Å². The van der Waals surface area contributed by atoms with Crippen molar-refractivity contribution in [1.82, 2.24) is 9.97 Å². The van der Waals surface area contributed by atoms with E-state index in [2.05, 4.69) is 19.4 Å². The smallest absolute Gasteiger partial charge is 0.693 e. The number of halogens is 1. The summed E-state index contributed by atoms with van der Waals surface area (Å²) in [5.41, 5.74) is 0.0649. The zero-order valence-electron chi connectivity index (χ0n) is 10.7. The second kappa shape index (κ2) is 10.0. The summed E-state index contributed by atoms with van der Waals surface area (Å²) in [6.45, 7) is 1.69. The Hall–Kier alpha value is -0.802. The minimum absolute atomic E-state index is 0. The molecule has 0 unspecified atom stereocenters. The van der Waals surface area contributed by atoms with E-state index in [4.69, 9.17) is 0 Å². The Morgan fingerprint density at radius 3 is 1.63 bits per heavy atom. The van der Waals surface area contributed by atoms with Crippen molar-refractivity contribution >= 4 is 9.42 Å². The molecule has 0 fully saturated rings. The molecule has 0 saturated heterocycles. The van der Waals surface area contributed by atoms with Crippen LogP contribution in [0.3, 0.4) is 0 Å².